The summed E-state index contributed by atoms with van der Waals surface area (Å²) in [5, 5.41) is 11.1. The van der Waals surface area contributed by atoms with Gasteiger partial charge in [-0.25, -0.2) is 0 Å². The molecular formula is C14H23N3. The number of anilines is 1. The van der Waals surface area contributed by atoms with E-state index in [1.807, 2.05) is 6.92 Å². The Labute approximate surface area is 104 Å². The molecule has 0 spiro atoms. The van der Waals surface area contributed by atoms with Crippen LogP contribution in [0.3, 0.4) is 0 Å². The second-order valence-corrected chi connectivity index (χ2v) is 4.94. The molecule has 0 saturated heterocycles. The predicted octanol–water partition coefficient (Wildman–Crippen LogP) is 4.14. The van der Waals surface area contributed by atoms with Gasteiger partial charge in [-0.2, -0.15) is 0 Å². The van der Waals surface area contributed by atoms with Crippen molar-refractivity contribution < 1.29 is 0 Å². The molecule has 2 N–H and O–H groups in total. The van der Waals surface area contributed by atoms with Crippen LogP contribution in [0.5, 0.6) is 0 Å². The van der Waals surface area contributed by atoms with Crippen molar-refractivity contribution in [2.24, 2.45) is 0 Å². The molecule has 3 nitrogen and oxygen atoms in total. The molecule has 0 fully saturated rings. The molecular weight excluding hydrogens is 210 g/mol. The minimum Gasteiger partial charge on any atom is -0.348 e. The first-order valence-electron chi connectivity index (χ1n) is 6.07. The largest absolute Gasteiger partial charge is 0.348 e. The molecule has 0 aliphatic heterocycles. The summed E-state index contributed by atoms with van der Waals surface area (Å²) in [6, 6.07) is 0.364. The fraction of sp³-hybridized carbons (Fsp3) is 0.500. The van der Waals surface area contributed by atoms with E-state index in [9.17, 15) is 0 Å². The van der Waals surface area contributed by atoms with Gasteiger partial charge in [0.05, 0.1) is 0 Å². The van der Waals surface area contributed by atoms with Gasteiger partial charge in [0.2, 0.25) is 0 Å². The Morgan fingerprint density at radius 2 is 2.00 bits per heavy atom. The minimum absolute atomic E-state index is 0.364. The van der Waals surface area contributed by atoms with Crippen molar-refractivity contribution in [1.82, 2.24) is 4.57 Å². The molecule has 0 aliphatic rings. The highest BCUT2D eigenvalue weighted by Gasteiger charge is 2.19. The van der Waals surface area contributed by atoms with Gasteiger partial charge >= 0.3 is 0 Å². The molecule has 0 bridgehead atoms. The second kappa shape index (κ2) is 5.21. The van der Waals surface area contributed by atoms with Crippen molar-refractivity contribution in [2.45, 2.75) is 46.6 Å². The van der Waals surface area contributed by atoms with Gasteiger partial charge < -0.3 is 15.3 Å². The Bertz CT molecular complexity index is 425. The Morgan fingerprint density at radius 1 is 1.41 bits per heavy atom. The van der Waals surface area contributed by atoms with Crippen molar-refractivity contribution in [2.75, 3.05) is 5.32 Å². The zero-order valence-corrected chi connectivity index (χ0v) is 11.5. The van der Waals surface area contributed by atoms with Gasteiger partial charge in [-0.1, -0.05) is 20.4 Å². The molecule has 0 aromatic carbocycles. The highest BCUT2D eigenvalue weighted by molar-refractivity contribution is 6.02. The van der Waals surface area contributed by atoms with Crippen molar-refractivity contribution in [3.05, 3.63) is 30.1 Å². The number of rotatable bonds is 5. The van der Waals surface area contributed by atoms with E-state index in [0.29, 0.717) is 17.7 Å². The number of aromatic nitrogens is 1. The lowest BCUT2D eigenvalue weighted by Crippen LogP contribution is -2.06. The third-order valence-corrected chi connectivity index (χ3v) is 2.85. The SMILES string of the molecule is C=CNc1c(C(C)=N)c(C(C)C)cn1C(C)C. The Morgan fingerprint density at radius 3 is 2.35 bits per heavy atom. The molecule has 0 saturated carbocycles. The zero-order chi connectivity index (χ0) is 13.2. The zero-order valence-electron chi connectivity index (χ0n) is 11.5. The molecule has 0 amide bonds. The normalized spacial score (nSPS) is 11.0. The monoisotopic (exact) mass is 233 g/mol. The lowest BCUT2D eigenvalue weighted by atomic mass is 9.99. The highest BCUT2D eigenvalue weighted by atomic mass is 15.1. The predicted molar refractivity (Wildman–Crippen MR) is 75.2 cm³/mol. The van der Waals surface area contributed by atoms with Crippen LogP contribution in [0, 0.1) is 5.41 Å². The van der Waals surface area contributed by atoms with Gasteiger partial charge in [0, 0.05) is 23.5 Å². The highest BCUT2D eigenvalue weighted by Crippen LogP contribution is 2.31. The Kier molecular flexibility index (Phi) is 4.16. The number of nitrogens with one attached hydrogen (secondary N) is 2. The first kappa shape index (κ1) is 13.6. The maximum absolute atomic E-state index is 7.96. The minimum atomic E-state index is 0.364. The molecule has 1 aromatic heterocycles. The summed E-state index contributed by atoms with van der Waals surface area (Å²) in [6.07, 6.45) is 3.82. The van der Waals surface area contributed by atoms with E-state index >= 15 is 0 Å². The molecule has 94 valence electrons. The van der Waals surface area contributed by atoms with Crippen LogP contribution in [0.1, 0.15) is 57.7 Å². The van der Waals surface area contributed by atoms with Crippen LogP contribution in [0.4, 0.5) is 5.82 Å². The summed E-state index contributed by atoms with van der Waals surface area (Å²) in [4.78, 5) is 0. The van der Waals surface area contributed by atoms with Crippen molar-refractivity contribution >= 4 is 11.5 Å². The average molecular weight is 233 g/mol. The Hall–Kier alpha value is -1.51. The molecule has 0 unspecified atom stereocenters. The van der Waals surface area contributed by atoms with Crippen LogP contribution in [0.15, 0.2) is 19.0 Å². The first-order chi connectivity index (χ1) is 7.90. The average Bonchev–Trinajstić information content (AvgIpc) is 2.57. The fourth-order valence-electron chi connectivity index (χ4n) is 2.03. The van der Waals surface area contributed by atoms with Gasteiger partial charge in [-0.05, 0) is 38.5 Å². The van der Waals surface area contributed by atoms with Crippen LogP contribution < -0.4 is 5.32 Å². The van der Waals surface area contributed by atoms with Crippen LogP contribution in [0.25, 0.3) is 0 Å². The van der Waals surface area contributed by atoms with Gasteiger partial charge in [-0.3, -0.25) is 0 Å². The summed E-state index contributed by atoms with van der Waals surface area (Å²) >= 11 is 0. The summed E-state index contributed by atoms with van der Waals surface area (Å²) in [6.45, 7) is 14.1. The molecule has 17 heavy (non-hydrogen) atoms. The van der Waals surface area contributed by atoms with E-state index in [1.54, 1.807) is 6.20 Å². The second-order valence-electron chi connectivity index (χ2n) is 4.94. The van der Waals surface area contributed by atoms with Crippen LogP contribution in [-0.2, 0) is 0 Å². The molecule has 1 heterocycles. The van der Waals surface area contributed by atoms with Gasteiger partial charge in [0.15, 0.2) is 0 Å². The topological polar surface area (TPSA) is 40.8 Å². The van der Waals surface area contributed by atoms with Gasteiger partial charge in [0.25, 0.3) is 0 Å². The third-order valence-electron chi connectivity index (χ3n) is 2.85. The maximum Gasteiger partial charge on any atom is 0.119 e. The van der Waals surface area contributed by atoms with E-state index in [0.717, 1.165) is 11.4 Å². The van der Waals surface area contributed by atoms with E-state index < -0.39 is 0 Å². The molecule has 0 radical (unpaired) electrons. The van der Waals surface area contributed by atoms with Crippen LogP contribution >= 0.6 is 0 Å². The summed E-state index contributed by atoms with van der Waals surface area (Å²) < 4.78 is 2.17. The fourth-order valence-corrected chi connectivity index (χ4v) is 2.03. The lowest BCUT2D eigenvalue weighted by Gasteiger charge is -2.14. The number of nitrogens with zero attached hydrogens (tertiary/aromatic N) is 1. The van der Waals surface area contributed by atoms with Crippen molar-refractivity contribution in [1.29, 1.82) is 5.41 Å². The van der Waals surface area contributed by atoms with E-state index in [2.05, 4.69) is 50.4 Å². The standard InChI is InChI=1S/C14H23N3/c1-7-16-14-13(11(6)15)12(9(2)3)8-17(14)10(4)5/h7-10,15-16H,1H2,2-6H3. The molecule has 0 atom stereocenters. The molecule has 1 aromatic rings. The summed E-state index contributed by atoms with van der Waals surface area (Å²) in [5.74, 6) is 1.39. The van der Waals surface area contributed by atoms with Gasteiger partial charge in [0.1, 0.15) is 5.82 Å². The molecule has 3 heteroatoms. The first-order valence-corrected chi connectivity index (χ1v) is 6.07. The number of hydrogen-bond acceptors (Lipinski definition) is 2. The van der Waals surface area contributed by atoms with Crippen molar-refractivity contribution in [3.63, 3.8) is 0 Å². The van der Waals surface area contributed by atoms with Crippen LogP contribution in [0.2, 0.25) is 0 Å². The number of hydrogen-bond donors (Lipinski definition) is 2. The Balaban J connectivity index is 3.48. The smallest absolute Gasteiger partial charge is 0.119 e. The van der Waals surface area contributed by atoms with Crippen LogP contribution in [-0.4, -0.2) is 10.3 Å². The summed E-state index contributed by atoms with van der Waals surface area (Å²) in [7, 11) is 0. The van der Waals surface area contributed by atoms with Crippen molar-refractivity contribution in [3.8, 4) is 0 Å². The van der Waals surface area contributed by atoms with Gasteiger partial charge in [-0.15, -0.1) is 0 Å². The van der Waals surface area contributed by atoms with E-state index in [4.69, 9.17) is 5.41 Å². The molecule has 0 aliphatic carbocycles. The molecule has 1 rings (SSSR count). The lowest BCUT2D eigenvalue weighted by molar-refractivity contribution is 0.608. The van der Waals surface area contributed by atoms with E-state index in [-0.39, 0.29) is 0 Å². The third kappa shape index (κ3) is 2.60. The summed E-state index contributed by atoms with van der Waals surface area (Å²) in [5.41, 5.74) is 2.82. The maximum atomic E-state index is 7.96. The van der Waals surface area contributed by atoms with E-state index in [1.165, 1.54) is 5.56 Å². The quantitative estimate of drug-likeness (QED) is 0.737.